The van der Waals surface area contributed by atoms with Gasteiger partial charge in [0.2, 0.25) is 5.95 Å². The molecule has 1 aromatic heterocycles. The number of hydrogen-bond acceptors (Lipinski definition) is 6. The first-order valence-electron chi connectivity index (χ1n) is 10.0. The third-order valence-corrected chi connectivity index (χ3v) is 4.92. The van der Waals surface area contributed by atoms with E-state index < -0.39 is 4.92 Å². The molecule has 0 radical (unpaired) electrons. The second-order valence-corrected chi connectivity index (χ2v) is 7.19. The van der Waals surface area contributed by atoms with Crippen molar-refractivity contribution in [1.82, 2.24) is 9.97 Å². The fourth-order valence-electron chi connectivity index (χ4n) is 3.26. The molecule has 0 saturated carbocycles. The first-order chi connectivity index (χ1) is 15.5. The second kappa shape index (κ2) is 9.18. The van der Waals surface area contributed by atoms with Crippen molar-refractivity contribution in [3.8, 4) is 22.5 Å². The predicted octanol–water partition coefficient (Wildman–Crippen LogP) is 5.58. The van der Waals surface area contributed by atoms with Crippen LogP contribution >= 0.6 is 0 Å². The number of nitrogens with zero attached hydrogens (tertiary/aromatic N) is 5. The number of anilines is 1. The minimum atomic E-state index is -0.418. The Morgan fingerprint density at radius 2 is 1.41 bits per heavy atom. The van der Waals surface area contributed by atoms with Crippen LogP contribution in [0.25, 0.3) is 22.5 Å². The van der Waals surface area contributed by atoms with Crippen molar-refractivity contribution in [1.29, 1.82) is 0 Å². The lowest BCUT2D eigenvalue weighted by Gasteiger charge is -2.15. The van der Waals surface area contributed by atoms with Crippen LogP contribution in [-0.2, 0) is 0 Å². The lowest BCUT2D eigenvalue weighted by molar-refractivity contribution is -0.384. The van der Waals surface area contributed by atoms with Crippen LogP contribution in [0, 0.1) is 10.1 Å². The maximum absolute atomic E-state index is 11.1. The monoisotopic (exact) mass is 423 g/mol. The van der Waals surface area contributed by atoms with Crippen LogP contribution in [0.15, 0.2) is 96.1 Å². The Morgan fingerprint density at radius 3 is 1.94 bits per heavy atom. The predicted molar refractivity (Wildman–Crippen MR) is 127 cm³/mol. The Hall–Kier alpha value is -4.39. The summed E-state index contributed by atoms with van der Waals surface area (Å²) >= 11 is 0. The average Bonchev–Trinajstić information content (AvgIpc) is 2.85. The van der Waals surface area contributed by atoms with Crippen molar-refractivity contribution in [3.05, 3.63) is 107 Å². The van der Waals surface area contributed by atoms with Crippen molar-refractivity contribution >= 4 is 17.3 Å². The van der Waals surface area contributed by atoms with E-state index >= 15 is 0 Å². The third-order valence-electron chi connectivity index (χ3n) is 4.92. The van der Waals surface area contributed by atoms with Crippen LogP contribution in [-0.4, -0.2) is 27.7 Å². The highest BCUT2D eigenvalue weighted by Gasteiger charge is 2.13. The van der Waals surface area contributed by atoms with Gasteiger partial charge in [0.25, 0.3) is 5.69 Å². The second-order valence-electron chi connectivity index (χ2n) is 7.19. The zero-order valence-corrected chi connectivity index (χ0v) is 17.7. The molecule has 0 unspecified atom stereocenters. The van der Waals surface area contributed by atoms with Crippen LogP contribution in [0.1, 0.15) is 12.5 Å². The number of benzene rings is 3. The highest BCUT2D eigenvalue weighted by Crippen LogP contribution is 2.26. The first kappa shape index (κ1) is 20.9. The molecule has 158 valence electrons. The van der Waals surface area contributed by atoms with E-state index in [1.807, 2.05) is 66.7 Å². The van der Waals surface area contributed by atoms with E-state index in [4.69, 9.17) is 9.97 Å². The van der Waals surface area contributed by atoms with Gasteiger partial charge < -0.3 is 0 Å². The number of hydrogen-bond donors (Lipinski definition) is 0. The lowest BCUT2D eigenvalue weighted by Crippen LogP contribution is -2.16. The molecule has 32 heavy (non-hydrogen) atoms. The van der Waals surface area contributed by atoms with Crippen LogP contribution in [0.5, 0.6) is 0 Å². The number of rotatable bonds is 6. The number of nitro groups is 1. The molecule has 0 aliphatic heterocycles. The Bertz CT molecular complexity index is 1220. The lowest BCUT2D eigenvalue weighted by atomic mass is 10.1. The summed E-state index contributed by atoms with van der Waals surface area (Å²) in [7, 11) is 1.76. The minimum Gasteiger partial charge on any atom is -0.258 e. The molecule has 7 heteroatoms. The largest absolute Gasteiger partial charge is 0.270 e. The third kappa shape index (κ3) is 4.67. The van der Waals surface area contributed by atoms with E-state index in [0.29, 0.717) is 17.2 Å². The number of non-ortho nitro benzene ring substituents is 1. The van der Waals surface area contributed by atoms with E-state index in [1.54, 1.807) is 31.1 Å². The van der Waals surface area contributed by atoms with Crippen molar-refractivity contribution in [3.63, 3.8) is 0 Å². The van der Waals surface area contributed by atoms with Gasteiger partial charge in [-0.05, 0) is 13.0 Å². The van der Waals surface area contributed by atoms with E-state index in [9.17, 15) is 10.1 Å². The molecule has 0 N–H and O–H groups in total. The first-order valence-corrected chi connectivity index (χ1v) is 10.0. The summed E-state index contributed by atoms with van der Waals surface area (Å²) in [5.41, 5.74) is 4.81. The number of nitro benzene ring substituents is 1. The van der Waals surface area contributed by atoms with Gasteiger partial charge in [-0.3, -0.25) is 10.1 Å². The maximum Gasteiger partial charge on any atom is 0.270 e. The quantitative estimate of drug-likeness (QED) is 0.230. The van der Waals surface area contributed by atoms with Gasteiger partial charge >= 0.3 is 0 Å². The number of aromatic nitrogens is 2. The van der Waals surface area contributed by atoms with Crippen molar-refractivity contribution in [2.75, 3.05) is 12.1 Å². The van der Waals surface area contributed by atoms with Gasteiger partial charge in [-0.1, -0.05) is 72.8 Å². The standard InChI is InChI=1S/C25H21N5O2/c1-18(21-14-9-15-22(16-21)30(31)32)28-29(2)25-26-23(19-10-5-3-6-11-19)17-24(27-25)20-12-7-4-8-13-20/h3-17H,1-2H3/b28-18+. The smallest absolute Gasteiger partial charge is 0.258 e. The van der Waals surface area contributed by atoms with Gasteiger partial charge in [-0.25, -0.2) is 15.0 Å². The molecule has 0 saturated heterocycles. The summed E-state index contributed by atoms with van der Waals surface area (Å²) in [4.78, 5) is 20.1. The van der Waals surface area contributed by atoms with E-state index in [2.05, 4.69) is 5.10 Å². The molecule has 0 amide bonds. The number of hydrazone groups is 1. The highest BCUT2D eigenvalue weighted by molar-refractivity contribution is 5.99. The SMILES string of the molecule is C/C(=N\N(C)c1nc(-c2ccccc2)cc(-c2ccccc2)n1)c1cccc([N+](=O)[O-])c1. The zero-order chi connectivity index (χ0) is 22.5. The van der Waals surface area contributed by atoms with E-state index in [-0.39, 0.29) is 5.69 Å². The van der Waals surface area contributed by atoms with Gasteiger partial charge in [0, 0.05) is 35.9 Å². The maximum atomic E-state index is 11.1. The molecule has 0 atom stereocenters. The molecule has 0 fully saturated rings. The summed E-state index contributed by atoms with van der Waals surface area (Å²) in [6, 6.07) is 28.1. The van der Waals surface area contributed by atoms with E-state index in [1.165, 1.54) is 12.1 Å². The average molecular weight is 423 g/mol. The van der Waals surface area contributed by atoms with Crippen molar-refractivity contribution in [2.45, 2.75) is 6.92 Å². The van der Waals surface area contributed by atoms with Crippen LogP contribution in [0.4, 0.5) is 11.6 Å². The molecular weight excluding hydrogens is 402 g/mol. The van der Waals surface area contributed by atoms with Gasteiger partial charge in [0.05, 0.1) is 22.0 Å². The molecule has 7 nitrogen and oxygen atoms in total. The Labute approximate surface area is 185 Å². The molecular formula is C25H21N5O2. The molecule has 1 heterocycles. The fourth-order valence-corrected chi connectivity index (χ4v) is 3.26. The van der Waals surface area contributed by atoms with Crippen molar-refractivity contribution < 1.29 is 4.92 Å². The molecule has 0 aliphatic rings. The molecule has 4 aromatic rings. The summed E-state index contributed by atoms with van der Waals surface area (Å²) in [6.07, 6.45) is 0. The normalized spacial score (nSPS) is 11.2. The van der Waals surface area contributed by atoms with Gasteiger partial charge in [0.1, 0.15) is 0 Å². The van der Waals surface area contributed by atoms with Crippen LogP contribution in [0.3, 0.4) is 0 Å². The summed E-state index contributed by atoms with van der Waals surface area (Å²) in [6.45, 7) is 1.80. The van der Waals surface area contributed by atoms with Gasteiger partial charge in [0.15, 0.2) is 0 Å². The highest BCUT2D eigenvalue weighted by atomic mass is 16.6. The topological polar surface area (TPSA) is 84.5 Å². The zero-order valence-electron chi connectivity index (χ0n) is 17.7. The molecule has 0 aliphatic carbocycles. The van der Waals surface area contributed by atoms with Gasteiger partial charge in [-0.15, -0.1) is 0 Å². The van der Waals surface area contributed by atoms with Gasteiger partial charge in [-0.2, -0.15) is 5.10 Å². The molecule has 3 aromatic carbocycles. The van der Waals surface area contributed by atoms with Crippen molar-refractivity contribution in [2.24, 2.45) is 5.10 Å². The van der Waals surface area contributed by atoms with Crippen LogP contribution < -0.4 is 5.01 Å². The fraction of sp³-hybridized carbons (Fsp3) is 0.0800. The minimum absolute atomic E-state index is 0.0217. The Kier molecular flexibility index (Phi) is 5.98. The summed E-state index contributed by atoms with van der Waals surface area (Å²) in [5, 5.41) is 17.3. The molecule has 4 rings (SSSR count). The Morgan fingerprint density at radius 1 is 0.844 bits per heavy atom. The Balaban J connectivity index is 1.75. The van der Waals surface area contributed by atoms with Crippen LogP contribution in [0.2, 0.25) is 0 Å². The summed E-state index contributed by atoms with van der Waals surface area (Å²) < 4.78 is 0. The molecule has 0 spiro atoms. The van der Waals surface area contributed by atoms with E-state index in [0.717, 1.165) is 22.5 Å². The molecule has 0 bridgehead atoms. The summed E-state index contributed by atoms with van der Waals surface area (Å²) in [5.74, 6) is 0.426.